The molecule has 3 nitrogen and oxygen atoms in total. The van der Waals surface area contributed by atoms with Gasteiger partial charge in [-0.1, -0.05) is 0 Å². The number of aromatic nitrogens is 2. The van der Waals surface area contributed by atoms with Gasteiger partial charge in [0.05, 0.1) is 11.0 Å². The van der Waals surface area contributed by atoms with E-state index in [4.69, 9.17) is 12.2 Å². The quantitative estimate of drug-likeness (QED) is 0.668. The Labute approximate surface area is 120 Å². The minimum atomic E-state index is 0.820. The fourth-order valence-corrected chi connectivity index (χ4v) is 2.69. The highest BCUT2D eigenvalue weighted by Gasteiger charge is 2.04. The topological polar surface area (TPSA) is 24.0 Å². The Morgan fingerprint density at radius 2 is 2.18 bits per heavy atom. The second-order valence-electron chi connectivity index (χ2n) is 4.40. The van der Waals surface area contributed by atoms with Crippen LogP contribution in [0.3, 0.4) is 0 Å². The molecule has 5 heteroatoms. The smallest absolute Gasteiger partial charge is 0.178 e. The zero-order valence-corrected chi connectivity index (χ0v) is 13.0. The minimum Gasteiger partial charge on any atom is -0.331 e. The predicted octanol–water partition coefficient (Wildman–Crippen LogP) is 3.26. The Bertz CT molecular complexity index is 571. The van der Waals surface area contributed by atoms with Crippen molar-refractivity contribution in [2.45, 2.75) is 13.0 Å². The van der Waals surface area contributed by atoms with Crippen LogP contribution in [0.25, 0.3) is 11.0 Å². The highest BCUT2D eigenvalue weighted by atomic mass is 127. The molecule has 0 bridgehead atoms. The number of nitrogens with zero attached hydrogens (tertiary/aromatic N) is 2. The van der Waals surface area contributed by atoms with Crippen molar-refractivity contribution in [2.75, 3.05) is 20.6 Å². The molecule has 0 amide bonds. The lowest BCUT2D eigenvalue weighted by molar-refractivity contribution is 0.387. The van der Waals surface area contributed by atoms with Gasteiger partial charge in [0.1, 0.15) is 0 Å². The lowest BCUT2D eigenvalue weighted by Gasteiger charge is -2.10. The summed E-state index contributed by atoms with van der Waals surface area (Å²) < 4.78 is 4.23. The summed E-state index contributed by atoms with van der Waals surface area (Å²) in [6.07, 6.45) is 1.11. The maximum Gasteiger partial charge on any atom is 0.178 e. The maximum absolute atomic E-state index is 5.37. The van der Waals surface area contributed by atoms with Crippen LogP contribution in [0.1, 0.15) is 6.42 Å². The SMILES string of the molecule is CN(C)CCCn1c(=S)[nH]c2cc(I)ccc21. The highest BCUT2D eigenvalue weighted by molar-refractivity contribution is 14.1. The summed E-state index contributed by atoms with van der Waals surface area (Å²) in [5.74, 6) is 0. The molecular weight excluding hydrogens is 345 g/mol. The summed E-state index contributed by atoms with van der Waals surface area (Å²) in [5.41, 5.74) is 2.33. The summed E-state index contributed by atoms with van der Waals surface area (Å²) in [6, 6.07) is 6.39. The van der Waals surface area contributed by atoms with Crippen LogP contribution in [-0.2, 0) is 6.54 Å². The zero-order valence-electron chi connectivity index (χ0n) is 10.0. The molecule has 2 rings (SSSR count). The van der Waals surface area contributed by atoms with E-state index in [9.17, 15) is 0 Å². The average Bonchev–Trinajstić information content (AvgIpc) is 2.54. The van der Waals surface area contributed by atoms with Crippen LogP contribution in [0.15, 0.2) is 18.2 Å². The second-order valence-corrected chi connectivity index (χ2v) is 6.03. The van der Waals surface area contributed by atoms with Crippen molar-refractivity contribution in [1.82, 2.24) is 14.5 Å². The van der Waals surface area contributed by atoms with Gasteiger partial charge in [-0.3, -0.25) is 0 Å². The van der Waals surface area contributed by atoms with Gasteiger partial charge in [-0.25, -0.2) is 0 Å². The number of rotatable bonds is 4. The molecule has 0 saturated heterocycles. The number of hydrogen-bond donors (Lipinski definition) is 1. The number of aromatic amines is 1. The van der Waals surface area contributed by atoms with Crippen LogP contribution in [-0.4, -0.2) is 35.1 Å². The van der Waals surface area contributed by atoms with Gasteiger partial charge in [0.2, 0.25) is 0 Å². The fourth-order valence-electron chi connectivity index (χ4n) is 1.90. The molecule has 1 N–H and O–H groups in total. The number of H-pyrrole nitrogens is 1. The van der Waals surface area contributed by atoms with Crippen molar-refractivity contribution in [3.8, 4) is 0 Å². The zero-order chi connectivity index (χ0) is 12.4. The second kappa shape index (κ2) is 5.49. The Balaban J connectivity index is 2.27. The Morgan fingerprint density at radius 1 is 1.41 bits per heavy atom. The van der Waals surface area contributed by atoms with E-state index in [0.717, 1.165) is 29.8 Å². The van der Waals surface area contributed by atoms with Gasteiger partial charge in [-0.2, -0.15) is 0 Å². The number of fused-ring (bicyclic) bond motifs is 1. The molecule has 1 aromatic carbocycles. The molecule has 1 aromatic heterocycles. The first-order chi connectivity index (χ1) is 8.08. The molecule has 1 heterocycles. The Morgan fingerprint density at radius 3 is 2.88 bits per heavy atom. The van der Waals surface area contributed by atoms with Crippen LogP contribution in [0.2, 0.25) is 0 Å². The van der Waals surface area contributed by atoms with Gasteiger partial charge in [-0.15, -0.1) is 0 Å². The maximum atomic E-state index is 5.37. The molecule has 0 radical (unpaired) electrons. The summed E-state index contributed by atoms with van der Waals surface area (Å²) >= 11 is 7.68. The van der Waals surface area contributed by atoms with Crippen molar-refractivity contribution in [3.63, 3.8) is 0 Å². The number of aryl methyl sites for hydroxylation is 1. The third-order valence-corrected chi connectivity index (χ3v) is 3.72. The number of hydrogen-bond acceptors (Lipinski definition) is 2. The third-order valence-electron chi connectivity index (χ3n) is 2.72. The monoisotopic (exact) mass is 361 g/mol. The molecule has 17 heavy (non-hydrogen) atoms. The van der Waals surface area contributed by atoms with Crippen molar-refractivity contribution in [2.24, 2.45) is 0 Å². The van der Waals surface area contributed by atoms with Crippen LogP contribution >= 0.6 is 34.8 Å². The van der Waals surface area contributed by atoms with E-state index in [1.165, 1.54) is 9.09 Å². The fraction of sp³-hybridized carbons (Fsp3) is 0.417. The number of halogens is 1. The lowest BCUT2D eigenvalue weighted by atomic mass is 10.3. The Kier molecular flexibility index (Phi) is 4.22. The van der Waals surface area contributed by atoms with Crippen molar-refractivity contribution in [1.29, 1.82) is 0 Å². The van der Waals surface area contributed by atoms with Crippen LogP contribution in [0, 0.1) is 8.34 Å². The van der Waals surface area contributed by atoms with Gasteiger partial charge >= 0.3 is 0 Å². The van der Waals surface area contributed by atoms with Crippen LogP contribution in [0.5, 0.6) is 0 Å². The van der Waals surface area contributed by atoms with Gasteiger partial charge < -0.3 is 14.5 Å². The average molecular weight is 361 g/mol. The molecule has 0 spiro atoms. The number of nitrogens with one attached hydrogen (secondary N) is 1. The van der Waals surface area contributed by atoms with E-state index in [0.29, 0.717) is 0 Å². The normalized spacial score (nSPS) is 11.5. The Hall–Kier alpha value is -0.400. The van der Waals surface area contributed by atoms with E-state index >= 15 is 0 Å². The number of imidazole rings is 1. The first-order valence-corrected chi connectivity index (χ1v) is 7.09. The van der Waals surface area contributed by atoms with E-state index in [-0.39, 0.29) is 0 Å². The molecule has 2 aromatic rings. The molecule has 0 atom stereocenters. The van der Waals surface area contributed by atoms with Gasteiger partial charge in [0.25, 0.3) is 0 Å². The number of benzene rings is 1. The predicted molar refractivity (Wildman–Crippen MR) is 83.0 cm³/mol. The summed E-state index contributed by atoms with van der Waals surface area (Å²) in [7, 11) is 4.19. The molecule has 0 aliphatic rings. The molecule has 0 fully saturated rings. The van der Waals surface area contributed by atoms with E-state index < -0.39 is 0 Å². The van der Waals surface area contributed by atoms with E-state index in [1.807, 2.05) is 0 Å². The molecule has 92 valence electrons. The van der Waals surface area contributed by atoms with E-state index in [1.54, 1.807) is 0 Å². The first-order valence-electron chi connectivity index (χ1n) is 5.61. The largest absolute Gasteiger partial charge is 0.331 e. The standard InChI is InChI=1S/C12H16IN3S/c1-15(2)6-3-7-16-11-5-4-9(13)8-10(11)14-12(16)17/h4-5,8H,3,6-7H2,1-2H3,(H,14,17). The van der Waals surface area contributed by atoms with Gasteiger partial charge in [0, 0.05) is 10.1 Å². The lowest BCUT2D eigenvalue weighted by Crippen LogP contribution is -2.15. The highest BCUT2D eigenvalue weighted by Crippen LogP contribution is 2.17. The van der Waals surface area contributed by atoms with Gasteiger partial charge in [0.15, 0.2) is 4.77 Å². The summed E-state index contributed by atoms with van der Waals surface area (Å²) in [4.78, 5) is 5.46. The third kappa shape index (κ3) is 3.08. The van der Waals surface area contributed by atoms with Gasteiger partial charge in [-0.05, 0) is 80.1 Å². The summed E-state index contributed by atoms with van der Waals surface area (Å²) in [5, 5.41) is 0. The first kappa shape index (κ1) is 13.0. The molecule has 0 saturated carbocycles. The molecule has 0 aliphatic carbocycles. The van der Waals surface area contributed by atoms with Crippen LogP contribution < -0.4 is 0 Å². The molecule has 0 aliphatic heterocycles. The van der Waals surface area contributed by atoms with Crippen LogP contribution in [0.4, 0.5) is 0 Å². The molecular formula is C12H16IN3S. The molecule has 0 unspecified atom stereocenters. The summed E-state index contributed by atoms with van der Waals surface area (Å²) in [6.45, 7) is 2.05. The minimum absolute atomic E-state index is 0.820. The van der Waals surface area contributed by atoms with Crippen molar-refractivity contribution >= 4 is 45.8 Å². The van der Waals surface area contributed by atoms with Crippen molar-refractivity contribution < 1.29 is 0 Å². The van der Waals surface area contributed by atoms with Crippen molar-refractivity contribution in [3.05, 3.63) is 26.5 Å². The van der Waals surface area contributed by atoms with E-state index in [2.05, 4.69) is 69.3 Å².